The average molecular weight is 225 g/mol. The molecule has 80 valence electrons. The van der Waals surface area contributed by atoms with E-state index in [4.69, 9.17) is 16.3 Å². The van der Waals surface area contributed by atoms with Crippen molar-refractivity contribution in [2.45, 2.75) is 13.8 Å². The molecule has 0 aliphatic heterocycles. The first kappa shape index (κ1) is 11.8. The molecule has 1 rings (SSSR count). The predicted molar refractivity (Wildman–Crippen MR) is 61.9 cm³/mol. The number of hydrogen-bond donors (Lipinski definition) is 0. The fraction of sp³-hybridized carbons (Fsp3) is 0.250. The number of halogens is 1. The maximum Gasteiger partial charge on any atom is 0.330 e. The van der Waals surface area contributed by atoms with E-state index in [1.54, 1.807) is 13.0 Å². The smallest absolute Gasteiger partial charge is 0.330 e. The quantitative estimate of drug-likeness (QED) is 0.582. The van der Waals surface area contributed by atoms with Crippen molar-refractivity contribution in [3.05, 3.63) is 40.4 Å². The van der Waals surface area contributed by atoms with E-state index >= 15 is 0 Å². The summed E-state index contributed by atoms with van der Waals surface area (Å²) in [6.07, 6.45) is 3.08. The highest BCUT2D eigenvalue weighted by Crippen LogP contribution is 2.17. The van der Waals surface area contributed by atoms with E-state index in [2.05, 4.69) is 0 Å². The van der Waals surface area contributed by atoms with Crippen molar-refractivity contribution < 1.29 is 9.53 Å². The zero-order valence-corrected chi connectivity index (χ0v) is 9.54. The van der Waals surface area contributed by atoms with Gasteiger partial charge in [0.25, 0.3) is 0 Å². The van der Waals surface area contributed by atoms with Crippen molar-refractivity contribution in [2.24, 2.45) is 0 Å². The highest BCUT2D eigenvalue weighted by atomic mass is 35.5. The van der Waals surface area contributed by atoms with Crippen molar-refractivity contribution >= 4 is 23.6 Å². The van der Waals surface area contributed by atoms with Crippen LogP contribution in [0.25, 0.3) is 6.08 Å². The molecule has 0 radical (unpaired) electrons. The van der Waals surface area contributed by atoms with Crippen LogP contribution in [0.4, 0.5) is 0 Å². The maximum atomic E-state index is 11.0. The van der Waals surface area contributed by atoms with Crippen LogP contribution in [0.1, 0.15) is 18.1 Å². The minimum absolute atomic E-state index is 0.339. The van der Waals surface area contributed by atoms with Crippen molar-refractivity contribution in [3.8, 4) is 0 Å². The van der Waals surface area contributed by atoms with E-state index in [0.29, 0.717) is 11.6 Å². The number of carbonyl (C=O) groups is 1. The number of benzene rings is 1. The molecule has 0 fully saturated rings. The first-order chi connectivity index (χ1) is 7.13. The van der Waals surface area contributed by atoms with Gasteiger partial charge in [0.1, 0.15) is 0 Å². The first-order valence-electron chi connectivity index (χ1n) is 4.74. The van der Waals surface area contributed by atoms with E-state index < -0.39 is 0 Å². The number of aryl methyl sites for hydroxylation is 1. The molecule has 0 aliphatic rings. The summed E-state index contributed by atoms with van der Waals surface area (Å²) in [5.41, 5.74) is 1.91. The molecule has 1 aromatic rings. The summed E-state index contributed by atoms with van der Waals surface area (Å²) in [6.45, 7) is 4.09. The van der Waals surface area contributed by atoms with Gasteiger partial charge in [-0.1, -0.05) is 23.7 Å². The summed E-state index contributed by atoms with van der Waals surface area (Å²) >= 11 is 5.94. The van der Waals surface area contributed by atoms with E-state index in [1.807, 2.05) is 25.1 Å². The van der Waals surface area contributed by atoms with Crippen LogP contribution in [0, 0.1) is 6.92 Å². The molecule has 0 heterocycles. The third-order valence-electron chi connectivity index (χ3n) is 1.89. The lowest BCUT2D eigenvalue weighted by Crippen LogP contribution is -1.98. The van der Waals surface area contributed by atoms with Gasteiger partial charge in [-0.3, -0.25) is 0 Å². The Bertz CT molecular complexity index is 383. The van der Waals surface area contributed by atoms with E-state index in [-0.39, 0.29) is 5.97 Å². The molecule has 0 unspecified atom stereocenters. The predicted octanol–water partition coefficient (Wildman–Crippen LogP) is 3.22. The second-order valence-electron chi connectivity index (χ2n) is 3.09. The van der Waals surface area contributed by atoms with Crippen molar-refractivity contribution in [1.82, 2.24) is 0 Å². The molecule has 0 aliphatic carbocycles. The Labute approximate surface area is 94.5 Å². The lowest BCUT2D eigenvalue weighted by Gasteiger charge is -1.99. The molecule has 0 saturated carbocycles. The molecule has 0 saturated heterocycles. The number of ether oxygens (including phenoxy) is 1. The van der Waals surface area contributed by atoms with Crippen molar-refractivity contribution in [1.29, 1.82) is 0 Å². The van der Waals surface area contributed by atoms with Crippen LogP contribution >= 0.6 is 11.6 Å². The highest BCUT2D eigenvalue weighted by molar-refractivity contribution is 6.31. The van der Waals surface area contributed by atoms with Gasteiger partial charge in [-0.25, -0.2) is 4.79 Å². The third-order valence-corrected chi connectivity index (χ3v) is 2.30. The topological polar surface area (TPSA) is 26.3 Å². The van der Waals surface area contributed by atoms with Gasteiger partial charge in [-0.15, -0.1) is 0 Å². The molecule has 15 heavy (non-hydrogen) atoms. The minimum atomic E-state index is -0.339. The Balaban J connectivity index is 2.72. The zero-order valence-electron chi connectivity index (χ0n) is 8.79. The highest BCUT2D eigenvalue weighted by Gasteiger charge is 1.97. The van der Waals surface area contributed by atoms with Crippen LogP contribution in [0.5, 0.6) is 0 Å². The maximum absolute atomic E-state index is 11.0. The lowest BCUT2D eigenvalue weighted by molar-refractivity contribution is -0.137. The normalized spacial score (nSPS) is 10.6. The standard InChI is InChI=1S/C12H13ClO2/c1-3-15-12(14)7-6-10-5-4-9(2)11(13)8-10/h4-8H,3H2,1-2H3/b7-6+. The molecular formula is C12H13ClO2. The molecule has 0 amide bonds. The summed E-state index contributed by atoms with van der Waals surface area (Å²) in [5.74, 6) is -0.339. The molecule has 0 spiro atoms. The van der Waals surface area contributed by atoms with Gasteiger partial charge in [-0.05, 0) is 37.1 Å². The van der Waals surface area contributed by atoms with Gasteiger partial charge in [-0.2, -0.15) is 0 Å². The largest absolute Gasteiger partial charge is 0.463 e. The lowest BCUT2D eigenvalue weighted by atomic mass is 10.1. The van der Waals surface area contributed by atoms with Gasteiger partial charge >= 0.3 is 5.97 Å². The fourth-order valence-corrected chi connectivity index (χ4v) is 1.26. The molecule has 0 atom stereocenters. The van der Waals surface area contributed by atoms with Crippen LogP contribution in [-0.4, -0.2) is 12.6 Å². The van der Waals surface area contributed by atoms with Crippen LogP contribution in [-0.2, 0) is 9.53 Å². The van der Waals surface area contributed by atoms with Gasteiger partial charge in [0.05, 0.1) is 6.61 Å². The van der Waals surface area contributed by atoms with E-state index in [1.165, 1.54) is 6.08 Å². The molecule has 0 aromatic heterocycles. The molecule has 3 heteroatoms. The Hall–Kier alpha value is -1.28. The molecule has 0 bridgehead atoms. The first-order valence-corrected chi connectivity index (χ1v) is 5.12. The van der Waals surface area contributed by atoms with Gasteiger partial charge < -0.3 is 4.74 Å². The second-order valence-corrected chi connectivity index (χ2v) is 3.50. The van der Waals surface area contributed by atoms with Gasteiger partial charge in [0.15, 0.2) is 0 Å². The molecule has 1 aromatic carbocycles. The van der Waals surface area contributed by atoms with Gasteiger partial charge in [0.2, 0.25) is 0 Å². The summed E-state index contributed by atoms with van der Waals surface area (Å²) in [5, 5.41) is 0.695. The fourth-order valence-electron chi connectivity index (χ4n) is 1.07. The van der Waals surface area contributed by atoms with E-state index in [9.17, 15) is 4.79 Å². The number of carbonyl (C=O) groups excluding carboxylic acids is 1. The summed E-state index contributed by atoms with van der Waals surface area (Å²) < 4.78 is 4.76. The van der Waals surface area contributed by atoms with Crippen LogP contribution < -0.4 is 0 Å². The van der Waals surface area contributed by atoms with Crippen molar-refractivity contribution in [2.75, 3.05) is 6.61 Å². The average Bonchev–Trinajstić information content (AvgIpc) is 2.20. The van der Waals surface area contributed by atoms with Gasteiger partial charge in [0, 0.05) is 11.1 Å². The Morgan fingerprint density at radius 3 is 2.87 bits per heavy atom. The van der Waals surface area contributed by atoms with E-state index in [0.717, 1.165) is 11.1 Å². The zero-order chi connectivity index (χ0) is 11.3. The number of rotatable bonds is 3. The van der Waals surface area contributed by atoms with Crippen molar-refractivity contribution in [3.63, 3.8) is 0 Å². The third kappa shape index (κ3) is 3.76. The van der Waals surface area contributed by atoms with Crippen LogP contribution in [0.15, 0.2) is 24.3 Å². The minimum Gasteiger partial charge on any atom is -0.463 e. The Kier molecular flexibility index (Phi) is 4.37. The number of esters is 1. The van der Waals surface area contributed by atoms with Crippen LogP contribution in [0.3, 0.4) is 0 Å². The SMILES string of the molecule is CCOC(=O)/C=C/c1ccc(C)c(Cl)c1. The number of hydrogen-bond acceptors (Lipinski definition) is 2. The second kappa shape index (κ2) is 5.56. The Morgan fingerprint density at radius 1 is 1.53 bits per heavy atom. The molecule has 0 N–H and O–H groups in total. The summed E-state index contributed by atoms with van der Waals surface area (Å²) in [6, 6.07) is 5.62. The Morgan fingerprint density at radius 2 is 2.27 bits per heavy atom. The molecular weight excluding hydrogens is 212 g/mol. The summed E-state index contributed by atoms with van der Waals surface area (Å²) in [4.78, 5) is 11.0. The summed E-state index contributed by atoms with van der Waals surface area (Å²) in [7, 11) is 0. The monoisotopic (exact) mass is 224 g/mol. The van der Waals surface area contributed by atoms with Crippen LogP contribution in [0.2, 0.25) is 5.02 Å². The molecule has 2 nitrogen and oxygen atoms in total.